The highest BCUT2D eigenvalue weighted by atomic mass is 32.2. The van der Waals surface area contributed by atoms with Gasteiger partial charge in [0.15, 0.2) is 0 Å². The van der Waals surface area contributed by atoms with Gasteiger partial charge >= 0.3 is 0 Å². The van der Waals surface area contributed by atoms with E-state index >= 15 is 0 Å². The summed E-state index contributed by atoms with van der Waals surface area (Å²) in [6, 6.07) is 21.0. The maximum atomic E-state index is 13.8. The standard InChI is InChI=1S/C24H19FN2O3S2/c25-22-7-3-4-8-23(22)32(29,30)27-20-11-9-17(10-12-20)24(28)26-15-18-5-1-2-6-21(18)19-13-14-31-16-19/h1-14,16,27H,15H2,(H,26,28). The molecule has 0 saturated carbocycles. The molecule has 0 atom stereocenters. The van der Waals surface area contributed by atoms with Crippen LogP contribution in [0.3, 0.4) is 0 Å². The Balaban J connectivity index is 1.43. The van der Waals surface area contributed by atoms with E-state index < -0.39 is 20.7 Å². The quantitative estimate of drug-likeness (QED) is 0.389. The summed E-state index contributed by atoms with van der Waals surface area (Å²) in [5.74, 6) is -1.12. The van der Waals surface area contributed by atoms with Gasteiger partial charge < -0.3 is 5.32 Å². The molecule has 0 aliphatic rings. The lowest BCUT2D eigenvalue weighted by molar-refractivity contribution is 0.0951. The molecule has 162 valence electrons. The fraction of sp³-hybridized carbons (Fsp3) is 0.0417. The van der Waals surface area contributed by atoms with E-state index in [2.05, 4.69) is 15.4 Å². The molecule has 2 N–H and O–H groups in total. The number of thiophene rings is 1. The highest BCUT2D eigenvalue weighted by Gasteiger charge is 2.18. The van der Waals surface area contributed by atoms with Crippen molar-refractivity contribution in [2.24, 2.45) is 0 Å². The summed E-state index contributed by atoms with van der Waals surface area (Å²) >= 11 is 1.61. The fourth-order valence-corrected chi connectivity index (χ4v) is 5.01. The van der Waals surface area contributed by atoms with Crippen molar-refractivity contribution in [1.82, 2.24) is 5.32 Å². The zero-order valence-electron chi connectivity index (χ0n) is 16.8. The van der Waals surface area contributed by atoms with Gasteiger partial charge in [0.2, 0.25) is 0 Å². The Kier molecular flexibility index (Phi) is 6.34. The van der Waals surface area contributed by atoms with Crippen LogP contribution in [0.1, 0.15) is 15.9 Å². The lowest BCUT2D eigenvalue weighted by atomic mass is 10.0. The molecule has 5 nitrogen and oxygen atoms in total. The first-order valence-electron chi connectivity index (χ1n) is 9.70. The van der Waals surface area contributed by atoms with Gasteiger partial charge in [0, 0.05) is 17.8 Å². The molecule has 0 unspecified atom stereocenters. The summed E-state index contributed by atoms with van der Waals surface area (Å²) in [6.07, 6.45) is 0. The van der Waals surface area contributed by atoms with Crippen molar-refractivity contribution in [3.05, 3.63) is 107 Å². The largest absolute Gasteiger partial charge is 0.348 e. The van der Waals surface area contributed by atoms with Gasteiger partial charge in [-0.3, -0.25) is 9.52 Å². The van der Waals surface area contributed by atoms with Crippen LogP contribution in [0.2, 0.25) is 0 Å². The van der Waals surface area contributed by atoms with Crippen LogP contribution in [0.15, 0.2) is 94.5 Å². The molecule has 0 saturated heterocycles. The van der Waals surface area contributed by atoms with E-state index in [4.69, 9.17) is 0 Å². The van der Waals surface area contributed by atoms with E-state index in [0.717, 1.165) is 22.8 Å². The van der Waals surface area contributed by atoms with Crippen LogP contribution in [-0.4, -0.2) is 14.3 Å². The van der Waals surface area contributed by atoms with Crippen molar-refractivity contribution >= 4 is 33.0 Å². The minimum Gasteiger partial charge on any atom is -0.348 e. The molecule has 0 aliphatic carbocycles. The van der Waals surface area contributed by atoms with Gasteiger partial charge in [-0.05, 0) is 69.9 Å². The van der Waals surface area contributed by atoms with Crippen LogP contribution in [0, 0.1) is 5.82 Å². The van der Waals surface area contributed by atoms with Gasteiger partial charge in [0.05, 0.1) is 0 Å². The van der Waals surface area contributed by atoms with Crippen molar-refractivity contribution in [2.75, 3.05) is 4.72 Å². The molecule has 3 aromatic carbocycles. The number of halogens is 1. The molecule has 0 aliphatic heterocycles. The normalized spacial score (nSPS) is 11.2. The average Bonchev–Trinajstić information content (AvgIpc) is 3.33. The molecule has 0 fully saturated rings. The lowest BCUT2D eigenvalue weighted by Gasteiger charge is -2.11. The number of carbonyl (C=O) groups is 1. The van der Waals surface area contributed by atoms with Crippen molar-refractivity contribution in [3.8, 4) is 11.1 Å². The Labute approximate surface area is 189 Å². The van der Waals surface area contributed by atoms with Crippen LogP contribution in [0.25, 0.3) is 11.1 Å². The van der Waals surface area contributed by atoms with E-state index in [-0.39, 0.29) is 11.6 Å². The van der Waals surface area contributed by atoms with E-state index in [9.17, 15) is 17.6 Å². The predicted octanol–water partition coefficient (Wildman–Crippen LogP) is 5.29. The predicted molar refractivity (Wildman–Crippen MR) is 125 cm³/mol. The second-order valence-electron chi connectivity index (χ2n) is 6.97. The molecular formula is C24H19FN2O3S2. The second-order valence-corrected chi connectivity index (χ2v) is 9.40. The van der Waals surface area contributed by atoms with E-state index in [1.165, 1.54) is 42.5 Å². The number of hydrogen-bond donors (Lipinski definition) is 2. The van der Waals surface area contributed by atoms with Crippen molar-refractivity contribution in [2.45, 2.75) is 11.4 Å². The van der Waals surface area contributed by atoms with Gasteiger partial charge in [0.25, 0.3) is 15.9 Å². The van der Waals surface area contributed by atoms with E-state index in [0.29, 0.717) is 12.1 Å². The van der Waals surface area contributed by atoms with Gasteiger partial charge in [-0.25, -0.2) is 12.8 Å². The maximum absolute atomic E-state index is 13.8. The SMILES string of the molecule is O=C(NCc1ccccc1-c1ccsc1)c1ccc(NS(=O)(=O)c2ccccc2F)cc1. The number of nitrogens with one attached hydrogen (secondary N) is 2. The summed E-state index contributed by atoms with van der Waals surface area (Å²) in [5, 5.41) is 6.96. The number of carbonyl (C=O) groups excluding carboxylic acids is 1. The molecule has 0 spiro atoms. The Morgan fingerprint density at radius 1 is 0.906 bits per heavy atom. The number of anilines is 1. The highest BCUT2D eigenvalue weighted by Crippen LogP contribution is 2.26. The first kappa shape index (κ1) is 21.7. The summed E-state index contributed by atoms with van der Waals surface area (Å²) in [7, 11) is -4.07. The number of hydrogen-bond acceptors (Lipinski definition) is 4. The number of amides is 1. The minimum absolute atomic E-state index is 0.229. The third-order valence-electron chi connectivity index (χ3n) is 4.81. The molecular weight excluding hydrogens is 447 g/mol. The van der Waals surface area contributed by atoms with Gasteiger partial charge in [-0.2, -0.15) is 11.3 Å². The molecule has 8 heteroatoms. The Morgan fingerprint density at radius 3 is 2.34 bits per heavy atom. The fourth-order valence-electron chi connectivity index (χ4n) is 3.21. The molecule has 4 rings (SSSR count). The summed E-state index contributed by atoms with van der Waals surface area (Å²) in [6.45, 7) is 0.354. The van der Waals surface area contributed by atoms with Crippen LogP contribution in [-0.2, 0) is 16.6 Å². The summed E-state index contributed by atoms with van der Waals surface area (Å²) < 4.78 is 41.0. The first-order valence-corrected chi connectivity index (χ1v) is 12.1. The van der Waals surface area contributed by atoms with Gasteiger partial charge in [0.1, 0.15) is 10.7 Å². The topological polar surface area (TPSA) is 75.3 Å². The average molecular weight is 467 g/mol. The Hall–Kier alpha value is -3.49. The Morgan fingerprint density at radius 2 is 1.62 bits per heavy atom. The third kappa shape index (κ3) is 4.87. The number of sulfonamides is 1. The van der Waals surface area contributed by atoms with Crippen molar-refractivity contribution in [1.29, 1.82) is 0 Å². The van der Waals surface area contributed by atoms with Gasteiger partial charge in [-0.1, -0.05) is 36.4 Å². The summed E-state index contributed by atoms with van der Waals surface area (Å²) in [5.41, 5.74) is 3.77. The van der Waals surface area contributed by atoms with Crippen molar-refractivity contribution < 1.29 is 17.6 Å². The van der Waals surface area contributed by atoms with Crippen molar-refractivity contribution in [3.63, 3.8) is 0 Å². The molecule has 32 heavy (non-hydrogen) atoms. The van der Waals surface area contributed by atoms with Gasteiger partial charge in [-0.15, -0.1) is 0 Å². The highest BCUT2D eigenvalue weighted by molar-refractivity contribution is 7.92. The smallest absolute Gasteiger partial charge is 0.264 e. The molecule has 1 amide bonds. The number of rotatable bonds is 7. The third-order valence-corrected chi connectivity index (χ3v) is 6.91. The molecule has 1 aromatic heterocycles. The van der Waals surface area contributed by atoms with Crippen LogP contribution < -0.4 is 10.0 Å². The zero-order valence-corrected chi connectivity index (χ0v) is 18.4. The number of benzene rings is 3. The van der Waals surface area contributed by atoms with Crippen LogP contribution in [0.4, 0.5) is 10.1 Å². The monoisotopic (exact) mass is 466 g/mol. The minimum atomic E-state index is -4.07. The maximum Gasteiger partial charge on any atom is 0.264 e. The first-order chi connectivity index (χ1) is 15.4. The molecule has 1 heterocycles. The molecule has 0 radical (unpaired) electrons. The molecule has 4 aromatic rings. The Bertz CT molecular complexity index is 1340. The second kappa shape index (κ2) is 9.33. The zero-order chi connectivity index (χ0) is 22.6. The molecule has 0 bridgehead atoms. The lowest BCUT2D eigenvalue weighted by Crippen LogP contribution is -2.23. The summed E-state index contributed by atoms with van der Waals surface area (Å²) in [4.78, 5) is 12.1. The van der Waals surface area contributed by atoms with E-state index in [1.54, 1.807) is 11.3 Å². The van der Waals surface area contributed by atoms with E-state index in [1.807, 2.05) is 35.7 Å². The van der Waals surface area contributed by atoms with Crippen LogP contribution >= 0.6 is 11.3 Å². The van der Waals surface area contributed by atoms with Crippen LogP contribution in [0.5, 0.6) is 0 Å².